The summed E-state index contributed by atoms with van der Waals surface area (Å²) in [4.78, 5) is 30.3. The molecule has 1 unspecified atom stereocenters. The number of benzene rings is 3. The molecular weight excluding hydrogens is 598 g/mol. The number of nitro groups is 1. The topological polar surface area (TPSA) is 116 Å². The number of halogens is 1. The van der Waals surface area contributed by atoms with Crippen molar-refractivity contribution >= 4 is 44.7 Å². The zero-order chi connectivity index (χ0) is 28.1. The fraction of sp³-hybridized carbons (Fsp3) is 0.172. The molecule has 4 aromatic rings. The minimum absolute atomic E-state index is 0.163. The number of rotatable bonds is 5. The zero-order valence-corrected chi connectivity index (χ0v) is 23.8. The highest BCUT2D eigenvalue weighted by Crippen LogP contribution is 2.43. The van der Waals surface area contributed by atoms with Crippen molar-refractivity contribution in [3.63, 3.8) is 0 Å². The average molecular weight is 620 g/mol. The van der Waals surface area contributed by atoms with Gasteiger partial charge in [-0.3, -0.25) is 19.5 Å². The van der Waals surface area contributed by atoms with Crippen LogP contribution in [-0.4, -0.2) is 28.8 Å². The van der Waals surface area contributed by atoms with Gasteiger partial charge in [-0.2, -0.15) is 0 Å². The molecular formula is C29H22BrN3O6S. The van der Waals surface area contributed by atoms with Gasteiger partial charge in [-0.1, -0.05) is 41.7 Å². The number of phenols is 1. The SMILES string of the molecule is COc1ccc(C2C3=C(N=c4s/c(=C/c5cc(Br)c(O)c([N+](=O)[O-])c5)c(=O)n42)c2ccccc2CC3)cc1OC. The van der Waals surface area contributed by atoms with Crippen LogP contribution < -0.4 is 24.4 Å². The van der Waals surface area contributed by atoms with Gasteiger partial charge in [-0.05, 0) is 75.3 Å². The van der Waals surface area contributed by atoms with E-state index in [-0.39, 0.29) is 10.0 Å². The summed E-state index contributed by atoms with van der Waals surface area (Å²) in [6, 6.07) is 16.2. The Morgan fingerprint density at radius 3 is 2.65 bits per heavy atom. The minimum Gasteiger partial charge on any atom is -0.501 e. The molecule has 40 heavy (non-hydrogen) atoms. The van der Waals surface area contributed by atoms with Gasteiger partial charge < -0.3 is 14.6 Å². The molecule has 1 aliphatic heterocycles. The van der Waals surface area contributed by atoms with Crippen LogP contribution in [0.1, 0.15) is 34.7 Å². The number of allylic oxidation sites excluding steroid dienone is 1. The number of ether oxygens (including phenoxy) is 2. The summed E-state index contributed by atoms with van der Waals surface area (Å²) in [7, 11) is 3.15. The number of nitro benzene ring substituents is 1. The zero-order valence-electron chi connectivity index (χ0n) is 21.4. The Bertz CT molecular complexity index is 1930. The largest absolute Gasteiger partial charge is 0.501 e. The predicted molar refractivity (Wildman–Crippen MR) is 155 cm³/mol. The van der Waals surface area contributed by atoms with Gasteiger partial charge in [-0.25, -0.2) is 4.99 Å². The van der Waals surface area contributed by atoms with Gasteiger partial charge in [0.2, 0.25) is 5.75 Å². The lowest BCUT2D eigenvalue weighted by Crippen LogP contribution is -2.38. The van der Waals surface area contributed by atoms with Gasteiger partial charge in [0.25, 0.3) is 5.56 Å². The molecule has 2 heterocycles. The van der Waals surface area contributed by atoms with Gasteiger partial charge in [0.1, 0.15) is 0 Å². The molecule has 1 N–H and O–H groups in total. The number of methoxy groups -OCH3 is 2. The minimum atomic E-state index is -0.665. The molecule has 0 amide bonds. The van der Waals surface area contributed by atoms with Crippen molar-refractivity contribution < 1.29 is 19.5 Å². The molecule has 0 saturated heterocycles. The Labute approximate surface area is 240 Å². The standard InChI is InChI=1S/C29H22BrN3O6S/c1-38-22-10-8-17(14-23(22)39-2)26-19-9-7-16-5-3-4-6-18(16)25(19)31-29-32(26)28(35)24(40-29)13-15-11-20(30)27(34)21(12-15)33(36)37/h3-6,8,10-14,26,34H,7,9H2,1-2H3/b24-13+. The van der Waals surface area contributed by atoms with Crippen LogP contribution >= 0.6 is 27.3 Å². The fourth-order valence-electron chi connectivity index (χ4n) is 5.32. The summed E-state index contributed by atoms with van der Waals surface area (Å²) in [5.41, 5.74) is 4.68. The highest BCUT2D eigenvalue weighted by molar-refractivity contribution is 9.10. The fourth-order valence-corrected chi connectivity index (χ4v) is 6.79. The smallest absolute Gasteiger partial charge is 0.312 e. The van der Waals surface area contributed by atoms with Crippen LogP contribution in [0, 0.1) is 10.1 Å². The molecule has 1 aromatic heterocycles. The molecule has 3 aromatic carbocycles. The highest BCUT2D eigenvalue weighted by atomic mass is 79.9. The molecule has 0 radical (unpaired) electrons. The normalized spacial score (nSPS) is 16.1. The summed E-state index contributed by atoms with van der Waals surface area (Å²) in [5, 5.41) is 21.5. The maximum absolute atomic E-state index is 14.0. The maximum atomic E-state index is 14.0. The summed E-state index contributed by atoms with van der Waals surface area (Å²) in [5.74, 6) is 0.670. The highest BCUT2D eigenvalue weighted by Gasteiger charge is 2.33. The second kappa shape index (κ2) is 10.1. The first-order chi connectivity index (χ1) is 19.3. The van der Waals surface area contributed by atoms with E-state index in [9.17, 15) is 20.0 Å². The third-order valence-electron chi connectivity index (χ3n) is 7.16. The van der Waals surface area contributed by atoms with E-state index < -0.39 is 22.4 Å². The van der Waals surface area contributed by atoms with Crippen LogP contribution in [0.3, 0.4) is 0 Å². The lowest BCUT2D eigenvalue weighted by Gasteiger charge is -2.31. The molecule has 0 spiro atoms. The molecule has 202 valence electrons. The van der Waals surface area contributed by atoms with Crippen molar-refractivity contribution in [3.05, 3.63) is 117 Å². The van der Waals surface area contributed by atoms with E-state index in [4.69, 9.17) is 14.5 Å². The second-order valence-electron chi connectivity index (χ2n) is 9.36. The Kier molecular flexibility index (Phi) is 6.55. The van der Waals surface area contributed by atoms with Crippen molar-refractivity contribution in [1.29, 1.82) is 0 Å². The maximum Gasteiger partial charge on any atom is 0.312 e. The molecule has 0 bridgehead atoms. The Hall–Kier alpha value is -4.22. The van der Waals surface area contributed by atoms with Crippen molar-refractivity contribution in [3.8, 4) is 17.2 Å². The van der Waals surface area contributed by atoms with Crippen molar-refractivity contribution in [2.75, 3.05) is 14.2 Å². The van der Waals surface area contributed by atoms with Crippen molar-refractivity contribution in [1.82, 2.24) is 4.57 Å². The van der Waals surface area contributed by atoms with E-state index >= 15 is 0 Å². The van der Waals surface area contributed by atoms with Gasteiger partial charge >= 0.3 is 5.69 Å². The van der Waals surface area contributed by atoms with E-state index in [1.807, 2.05) is 30.3 Å². The Morgan fingerprint density at radius 1 is 1.12 bits per heavy atom. The van der Waals surface area contributed by atoms with Crippen LogP contribution in [0.2, 0.25) is 0 Å². The summed E-state index contributed by atoms with van der Waals surface area (Å²) in [6.45, 7) is 0. The van der Waals surface area contributed by atoms with Crippen molar-refractivity contribution in [2.24, 2.45) is 4.99 Å². The van der Waals surface area contributed by atoms with Gasteiger partial charge in [0, 0.05) is 11.6 Å². The van der Waals surface area contributed by atoms with Crippen molar-refractivity contribution in [2.45, 2.75) is 18.9 Å². The van der Waals surface area contributed by atoms with E-state index in [0.29, 0.717) is 26.4 Å². The number of fused-ring (bicyclic) bond motifs is 3. The predicted octanol–water partition coefficient (Wildman–Crippen LogP) is 4.71. The average Bonchev–Trinajstić information content (AvgIpc) is 3.27. The lowest BCUT2D eigenvalue weighted by atomic mass is 9.83. The van der Waals surface area contributed by atoms with E-state index in [2.05, 4.69) is 28.1 Å². The van der Waals surface area contributed by atoms with Crippen LogP contribution in [0.25, 0.3) is 11.8 Å². The van der Waals surface area contributed by atoms with E-state index in [1.165, 1.54) is 29.0 Å². The Balaban J connectivity index is 1.61. The third-order valence-corrected chi connectivity index (χ3v) is 8.74. The lowest BCUT2D eigenvalue weighted by molar-refractivity contribution is -0.386. The van der Waals surface area contributed by atoms with Gasteiger partial charge in [-0.15, -0.1) is 0 Å². The number of aromatic hydroxyl groups is 1. The first-order valence-electron chi connectivity index (χ1n) is 12.3. The summed E-state index contributed by atoms with van der Waals surface area (Å²) >= 11 is 4.39. The first kappa shape index (κ1) is 26.0. The summed E-state index contributed by atoms with van der Waals surface area (Å²) < 4.78 is 13.2. The second-order valence-corrected chi connectivity index (χ2v) is 11.2. The molecule has 1 atom stereocenters. The van der Waals surface area contributed by atoms with Gasteiger partial charge in [0.15, 0.2) is 16.3 Å². The molecule has 11 heteroatoms. The Morgan fingerprint density at radius 2 is 1.90 bits per heavy atom. The number of nitrogens with zero attached hydrogens (tertiary/aromatic N) is 3. The number of hydrogen-bond acceptors (Lipinski definition) is 8. The van der Waals surface area contributed by atoms with Gasteiger partial charge in [0.05, 0.1) is 39.9 Å². The number of hydrogen-bond donors (Lipinski definition) is 1. The quantitative estimate of drug-likeness (QED) is 0.255. The van der Waals surface area contributed by atoms with Crippen LogP contribution in [-0.2, 0) is 6.42 Å². The third kappa shape index (κ3) is 4.22. The van der Waals surface area contributed by atoms with Crippen LogP contribution in [0.4, 0.5) is 5.69 Å². The summed E-state index contributed by atoms with van der Waals surface area (Å²) in [6.07, 6.45) is 3.14. The van der Waals surface area contributed by atoms with E-state index in [1.54, 1.807) is 24.9 Å². The molecule has 1 aliphatic carbocycles. The molecule has 2 aliphatic rings. The molecule has 0 saturated carbocycles. The van der Waals surface area contributed by atoms with Crippen LogP contribution in [0.15, 0.2) is 74.4 Å². The number of aromatic nitrogens is 1. The first-order valence-corrected chi connectivity index (χ1v) is 13.9. The molecule has 0 fully saturated rings. The number of aryl methyl sites for hydroxylation is 1. The van der Waals surface area contributed by atoms with Crippen LogP contribution in [0.5, 0.6) is 17.2 Å². The monoisotopic (exact) mass is 619 g/mol. The number of phenolic OH excluding ortho intramolecular Hbond substituents is 1. The number of thiazole rings is 1. The molecule has 9 nitrogen and oxygen atoms in total. The van der Waals surface area contributed by atoms with E-state index in [0.717, 1.165) is 35.2 Å². The molecule has 6 rings (SSSR count).